The van der Waals surface area contributed by atoms with Gasteiger partial charge in [0.15, 0.2) is 0 Å². The van der Waals surface area contributed by atoms with Crippen molar-refractivity contribution in [2.75, 3.05) is 0 Å². The number of phenolic OH excluding ortho intramolecular Hbond substituents is 1. The predicted molar refractivity (Wildman–Crippen MR) is 60.5 cm³/mol. The lowest BCUT2D eigenvalue weighted by atomic mass is 10.1. The molecule has 2 aromatic carbocycles. The molecule has 0 aliphatic carbocycles. The van der Waals surface area contributed by atoms with Crippen LogP contribution in [0.5, 0.6) is 5.75 Å². The first-order valence-electron chi connectivity index (χ1n) is 4.81. The summed E-state index contributed by atoms with van der Waals surface area (Å²) in [4.78, 5) is 0. The topological polar surface area (TPSA) is 20.2 Å². The summed E-state index contributed by atoms with van der Waals surface area (Å²) >= 11 is 0. The zero-order chi connectivity index (χ0) is 11.4. The van der Waals surface area contributed by atoms with Gasteiger partial charge in [-0.3, -0.25) is 0 Å². The molecule has 0 amide bonds. The Morgan fingerprint density at radius 1 is 0.938 bits per heavy atom. The molecule has 1 N–H and O–H groups in total. The highest BCUT2D eigenvalue weighted by molar-refractivity contribution is 5.49. The van der Waals surface area contributed by atoms with Crippen molar-refractivity contribution in [3.05, 3.63) is 65.5 Å². The van der Waals surface area contributed by atoms with Crippen LogP contribution < -0.4 is 0 Å². The first-order chi connectivity index (χ1) is 7.75. The van der Waals surface area contributed by atoms with Crippen molar-refractivity contribution < 1.29 is 9.50 Å². The van der Waals surface area contributed by atoms with Gasteiger partial charge in [0.05, 0.1) is 5.56 Å². The Morgan fingerprint density at radius 2 is 1.69 bits per heavy atom. The van der Waals surface area contributed by atoms with Crippen molar-refractivity contribution in [1.82, 2.24) is 0 Å². The number of hydrogen-bond acceptors (Lipinski definition) is 1. The molecule has 2 heteroatoms. The van der Waals surface area contributed by atoms with Gasteiger partial charge in [-0.05, 0) is 24.3 Å². The quantitative estimate of drug-likeness (QED) is 0.666. The maximum Gasteiger partial charge on any atom is 0.134 e. The van der Waals surface area contributed by atoms with E-state index in [1.807, 2.05) is 30.3 Å². The fraction of sp³-hybridized carbons (Fsp3) is 0. The van der Waals surface area contributed by atoms with E-state index in [9.17, 15) is 9.50 Å². The molecule has 0 heterocycles. The van der Waals surface area contributed by atoms with Crippen molar-refractivity contribution in [2.45, 2.75) is 0 Å². The van der Waals surface area contributed by atoms with Gasteiger partial charge in [-0.1, -0.05) is 30.0 Å². The lowest BCUT2D eigenvalue weighted by Crippen LogP contribution is -1.79. The summed E-state index contributed by atoms with van der Waals surface area (Å²) in [6, 6.07) is 13.2. The molecule has 0 saturated heterocycles. The standard InChI is InChI=1S/C14H9FO/c15-13-9-8-12(14(16)10-13)7-6-11-4-2-1-3-5-11/h1-5,8-10,16H. The van der Waals surface area contributed by atoms with Crippen molar-refractivity contribution >= 4 is 0 Å². The third-order valence-electron chi connectivity index (χ3n) is 2.08. The van der Waals surface area contributed by atoms with Crippen molar-refractivity contribution in [3.63, 3.8) is 0 Å². The molecule has 0 radical (unpaired) electrons. The third-order valence-corrected chi connectivity index (χ3v) is 2.08. The lowest BCUT2D eigenvalue weighted by molar-refractivity contribution is 0.467. The minimum absolute atomic E-state index is 0.136. The molecular weight excluding hydrogens is 203 g/mol. The van der Waals surface area contributed by atoms with Crippen molar-refractivity contribution in [1.29, 1.82) is 0 Å². The smallest absolute Gasteiger partial charge is 0.134 e. The van der Waals surface area contributed by atoms with Gasteiger partial charge in [0.2, 0.25) is 0 Å². The molecule has 16 heavy (non-hydrogen) atoms. The van der Waals surface area contributed by atoms with Crippen molar-refractivity contribution in [3.8, 4) is 17.6 Å². The highest BCUT2D eigenvalue weighted by atomic mass is 19.1. The van der Waals surface area contributed by atoms with Gasteiger partial charge in [0.25, 0.3) is 0 Å². The zero-order valence-electron chi connectivity index (χ0n) is 8.44. The van der Waals surface area contributed by atoms with Gasteiger partial charge in [0, 0.05) is 11.6 Å². The van der Waals surface area contributed by atoms with Gasteiger partial charge in [-0.15, -0.1) is 0 Å². The summed E-state index contributed by atoms with van der Waals surface area (Å²) < 4.78 is 12.7. The molecule has 0 bridgehead atoms. The molecule has 2 aromatic rings. The maximum atomic E-state index is 12.7. The Hall–Kier alpha value is -2.27. The molecule has 0 spiro atoms. The summed E-state index contributed by atoms with van der Waals surface area (Å²) in [5, 5.41) is 9.43. The van der Waals surface area contributed by atoms with Crippen LogP contribution in [0.15, 0.2) is 48.5 Å². The van der Waals surface area contributed by atoms with E-state index in [1.165, 1.54) is 12.1 Å². The Balaban J connectivity index is 2.31. The lowest BCUT2D eigenvalue weighted by Gasteiger charge is -1.95. The van der Waals surface area contributed by atoms with E-state index in [4.69, 9.17) is 0 Å². The molecule has 0 aromatic heterocycles. The van der Waals surface area contributed by atoms with Gasteiger partial charge in [-0.2, -0.15) is 0 Å². The number of halogens is 1. The third kappa shape index (κ3) is 2.40. The number of rotatable bonds is 0. The molecule has 2 rings (SSSR count). The van der Waals surface area contributed by atoms with E-state index in [0.717, 1.165) is 11.6 Å². The summed E-state index contributed by atoms with van der Waals surface area (Å²) in [6.45, 7) is 0. The number of hydrogen-bond donors (Lipinski definition) is 1. The van der Waals surface area contributed by atoms with E-state index in [2.05, 4.69) is 11.8 Å². The number of phenols is 1. The molecular formula is C14H9FO. The number of aromatic hydroxyl groups is 1. The summed E-state index contributed by atoms with van der Waals surface area (Å²) in [6.07, 6.45) is 0. The second-order valence-corrected chi connectivity index (χ2v) is 3.28. The van der Waals surface area contributed by atoms with Crippen LogP contribution in [0, 0.1) is 17.7 Å². The molecule has 0 unspecified atom stereocenters. The summed E-state index contributed by atoms with van der Waals surface area (Å²) in [7, 11) is 0. The van der Waals surface area contributed by atoms with Gasteiger partial charge >= 0.3 is 0 Å². The maximum absolute atomic E-state index is 12.7. The Bertz CT molecular complexity index is 550. The number of benzene rings is 2. The van der Waals surface area contributed by atoms with Crippen LogP contribution in [0.1, 0.15) is 11.1 Å². The van der Waals surface area contributed by atoms with Crippen LogP contribution in [-0.2, 0) is 0 Å². The Morgan fingerprint density at radius 3 is 2.38 bits per heavy atom. The molecule has 0 fully saturated rings. The van der Waals surface area contributed by atoms with E-state index in [0.29, 0.717) is 5.56 Å². The highest BCUT2D eigenvalue weighted by Crippen LogP contribution is 2.16. The normalized spacial score (nSPS) is 9.31. The summed E-state index contributed by atoms with van der Waals surface area (Å²) in [5.41, 5.74) is 1.27. The van der Waals surface area contributed by atoms with E-state index in [1.54, 1.807) is 0 Å². The SMILES string of the molecule is Oc1cc(F)ccc1C#Cc1ccccc1. The minimum Gasteiger partial charge on any atom is -0.507 e. The second kappa shape index (κ2) is 4.50. The largest absolute Gasteiger partial charge is 0.507 e. The Kier molecular flexibility index (Phi) is 2.88. The Labute approximate surface area is 93.2 Å². The average molecular weight is 212 g/mol. The van der Waals surface area contributed by atoms with E-state index in [-0.39, 0.29) is 5.75 Å². The van der Waals surface area contributed by atoms with Crippen LogP contribution in [0.2, 0.25) is 0 Å². The molecule has 0 atom stereocenters. The fourth-order valence-electron chi connectivity index (χ4n) is 1.27. The van der Waals surface area contributed by atoms with Crippen molar-refractivity contribution in [2.24, 2.45) is 0 Å². The van der Waals surface area contributed by atoms with E-state index >= 15 is 0 Å². The van der Waals surface area contributed by atoms with Crippen LogP contribution in [-0.4, -0.2) is 5.11 Å². The molecule has 0 aliphatic heterocycles. The summed E-state index contributed by atoms with van der Waals surface area (Å²) in [5.74, 6) is 5.07. The molecule has 1 nitrogen and oxygen atoms in total. The van der Waals surface area contributed by atoms with Gasteiger partial charge in [-0.25, -0.2) is 4.39 Å². The van der Waals surface area contributed by atoms with Gasteiger partial charge in [0.1, 0.15) is 11.6 Å². The molecule has 0 aliphatic rings. The molecule has 78 valence electrons. The van der Waals surface area contributed by atoms with E-state index < -0.39 is 5.82 Å². The second-order valence-electron chi connectivity index (χ2n) is 3.28. The first kappa shape index (κ1) is 10.3. The molecule has 0 saturated carbocycles. The van der Waals surface area contributed by atoms with Crippen LogP contribution in [0.25, 0.3) is 0 Å². The van der Waals surface area contributed by atoms with Crippen LogP contribution in [0.3, 0.4) is 0 Å². The van der Waals surface area contributed by atoms with Crippen LogP contribution >= 0.6 is 0 Å². The predicted octanol–water partition coefficient (Wildman–Crippen LogP) is 2.93. The van der Waals surface area contributed by atoms with Crippen LogP contribution in [0.4, 0.5) is 4.39 Å². The highest BCUT2D eigenvalue weighted by Gasteiger charge is 1.98. The average Bonchev–Trinajstić information content (AvgIpc) is 2.29. The zero-order valence-corrected chi connectivity index (χ0v) is 8.44. The monoisotopic (exact) mass is 212 g/mol. The van der Waals surface area contributed by atoms with Gasteiger partial charge < -0.3 is 5.11 Å². The fourth-order valence-corrected chi connectivity index (χ4v) is 1.27. The first-order valence-corrected chi connectivity index (χ1v) is 4.81. The minimum atomic E-state index is -0.470.